The van der Waals surface area contributed by atoms with Gasteiger partial charge in [-0.25, -0.2) is 0 Å². The van der Waals surface area contributed by atoms with Gasteiger partial charge < -0.3 is 71.0 Å². The topological polar surface area (TPSA) is 184 Å². The summed E-state index contributed by atoms with van der Waals surface area (Å²) in [6.07, 6.45) is 0. The second-order valence-corrected chi connectivity index (χ2v) is 0.298. The first-order chi connectivity index (χ1) is 7.41. The zero-order valence-electron chi connectivity index (χ0n) is 6.95. The van der Waals surface area contributed by atoms with Gasteiger partial charge in [-0.3, -0.25) is 0 Å². The fraction of sp³-hybridized carbons (Fsp3) is 0. The molecule has 0 aromatic rings. The second-order valence-electron chi connectivity index (χ2n) is 0.0722. The number of nitrogens with zero attached hydrogens (tertiary/aromatic N) is 6. The Morgan fingerprint density at radius 2 is 0.600 bits per heavy atom. The van der Waals surface area contributed by atoms with E-state index in [1.807, 2.05) is 0 Å². The summed E-state index contributed by atoms with van der Waals surface area (Å²) < 4.78 is 14.2. The molecular weight excluding hydrogens is 242 g/mol. The van der Waals surface area contributed by atoms with E-state index in [0.717, 1.165) is 0 Å². The van der Waals surface area contributed by atoms with Gasteiger partial charge in [0.15, 0.2) is 0 Å². The van der Waals surface area contributed by atoms with Crippen molar-refractivity contribution >= 4 is 0 Å². The molecule has 0 rings (SSSR count). The average Bonchev–Trinajstić information content (AvgIpc) is 2.44. The van der Waals surface area contributed by atoms with Gasteiger partial charge in [-0.05, 0) is 0 Å². The van der Waals surface area contributed by atoms with Crippen molar-refractivity contribution in [2.75, 3.05) is 0 Å². The van der Waals surface area contributed by atoms with Crippen LogP contribution in [0.1, 0.15) is 0 Å². The van der Waals surface area contributed by atoms with Crippen molar-refractivity contribution in [3.05, 3.63) is 39.4 Å². The fourth-order valence-electron chi connectivity index (χ4n) is 0. The van der Waals surface area contributed by atoms with Crippen molar-refractivity contribution in [3.63, 3.8) is 0 Å². The molecule has 0 unspecified atom stereocenters. The van der Waals surface area contributed by atoms with Gasteiger partial charge in [-0.2, -0.15) is 0 Å². The summed E-state index contributed by atoms with van der Waals surface area (Å²) in [7, 11) is 0. The molecule has 0 heterocycles. The maximum atomic E-state index is 8.60. The minimum absolute atomic E-state index is 0.750. The molecule has 0 aromatic heterocycles. The van der Waals surface area contributed by atoms with Gasteiger partial charge in [0, 0.05) is 0 Å². The molecule has 0 radical (unpaired) electrons. The Kier molecular flexibility index (Phi) is 1140. The third-order valence-electron chi connectivity index (χ3n) is 0. The molecule has 0 atom stereocenters. The molecule has 15 heavy (non-hydrogen) atoms. The van der Waals surface area contributed by atoms with Crippen LogP contribution in [0.15, 0.2) is 0 Å². The summed E-state index contributed by atoms with van der Waals surface area (Å²) in [4.78, 5) is 0. The second kappa shape index (κ2) is 297. The first kappa shape index (κ1) is 57.6. The molecule has 8 nitrogen and oxygen atoms in total. The minimum atomic E-state index is -0.750. The van der Waals surface area contributed by atoms with E-state index in [1.54, 1.807) is 0 Å². The third kappa shape index (κ3) is 105. The molecular formula is C6HFeN7O-6. The van der Waals surface area contributed by atoms with E-state index < -0.39 is 14.7 Å². The standard InChI is InChI=1S/6CN.Fe.HN.O/c6*1-2;;;/h;;;;;;;1H;/q6*-1;;;. The molecule has 0 saturated carbocycles. The number of rotatable bonds is 0. The molecule has 9 heteroatoms. The summed E-state index contributed by atoms with van der Waals surface area (Å²) in [5.41, 5.74) is 0. The summed E-state index contributed by atoms with van der Waals surface area (Å²) in [5, 5.41) is 37.5. The average molecular weight is 243 g/mol. The molecule has 0 saturated heterocycles. The van der Waals surface area contributed by atoms with Gasteiger partial charge in [-0.1, -0.05) is 0 Å². The summed E-state index contributed by atoms with van der Waals surface area (Å²) >= 11 is -0.750. The summed E-state index contributed by atoms with van der Waals surface area (Å²) in [5.74, 6) is 0. The third-order valence-corrected chi connectivity index (χ3v) is 0. The van der Waals surface area contributed by atoms with Crippen LogP contribution in [0.4, 0.5) is 0 Å². The normalized spacial score (nSPS) is 1.87. The van der Waals surface area contributed by atoms with Crippen molar-refractivity contribution in [1.82, 2.24) is 0 Å². The van der Waals surface area contributed by atoms with Gasteiger partial charge in [0.05, 0.1) is 0 Å². The van der Waals surface area contributed by atoms with E-state index in [2.05, 4.69) is 0 Å². The Bertz CT molecular complexity index is 158. The van der Waals surface area contributed by atoms with Crippen LogP contribution in [0.5, 0.6) is 0 Å². The van der Waals surface area contributed by atoms with Crippen molar-refractivity contribution in [2.24, 2.45) is 0 Å². The van der Waals surface area contributed by atoms with Crippen LogP contribution in [0.3, 0.4) is 0 Å². The van der Waals surface area contributed by atoms with Crippen molar-refractivity contribution in [1.29, 1.82) is 36.0 Å². The first-order valence-corrected chi connectivity index (χ1v) is 2.67. The molecule has 0 fully saturated rings. The molecule has 0 aliphatic heterocycles. The Labute approximate surface area is 94.4 Å². The van der Waals surface area contributed by atoms with Gasteiger partial charge in [-0.15, -0.1) is 0 Å². The molecule has 0 amide bonds. The Morgan fingerprint density at radius 1 is 0.600 bits per heavy atom. The van der Waals surface area contributed by atoms with E-state index >= 15 is 0 Å². The van der Waals surface area contributed by atoms with Crippen molar-refractivity contribution in [3.8, 4) is 0 Å². The number of hydrogen-bond acceptors (Lipinski definition) is 8. The van der Waals surface area contributed by atoms with E-state index in [1.165, 1.54) is 0 Å². The van der Waals surface area contributed by atoms with E-state index in [9.17, 15) is 0 Å². The predicted octanol–water partition coefficient (Wildman–Crippen LogP) is 0.755. The maximum absolute atomic E-state index is 8.60. The predicted molar refractivity (Wildman–Crippen MR) is 33.2 cm³/mol. The monoisotopic (exact) mass is 243 g/mol. The Hall–Kier alpha value is -2.94. The molecule has 0 bridgehead atoms. The molecule has 1 N–H and O–H groups in total. The molecule has 0 aromatic carbocycles. The fourth-order valence-corrected chi connectivity index (χ4v) is 0. The molecule has 0 aliphatic carbocycles. The van der Waals surface area contributed by atoms with Crippen LogP contribution in [-0.2, 0) is 18.5 Å². The summed E-state index contributed by atoms with van der Waals surface area (Å²) in [6.45, 7) is 28.5. The quantitative estimate of drug-likeness (QED) is 0.480. The van der Waals surface area contributed by atoms with Crippen LogP contribution in [0.2, 0.25) is 0 Å². The van der Waals surface area contributed by atoms with Crippen molar-refractivity contribution < 1.29 is 18.5 Å². The molecule has 0 aliphatic rings. The number of hydrogen-bond donors (Lipinski definition) is 1. The van der Waals surface area contributed by atoms with Gasteiger partial charge >= 0.3 is 22.9 Å². The van der Waals surface area contributed by atoms with Crippen molar-refractivity contribution in [2.45, 2.75) is 0 Å². The van der Waals surface area contributed by atoms with E-state index in [-0.39, 0.29) is 0 Å². The van der Waals surface area contributed by atoms with Crippen LogP contribution < -0.4 is 0 Å². The van der Waals surface area contributed by atoms with Gasteiger partial charge in [0.1, 0.15) is 0 Å². The zero-order chi connectivity index (χ0) is 14.7. The van der Waals surface area contributed by atoms with Crippen LogP contribution >= 0.6 is 0 Å². The van der Waals surface area contributed by atoms with Crippen LogP contribution in [0.25, 0.3) is 0 Å². The van der Waals surface area contributed by atoms with E-state index in [0.29, 0.717) is 0 Å². The molecule has 80 valence electrons. The molecule has 0 spiro atoms. The van der Waals surface area contributed by atoms with Crippen LogP contribution in [0, 0.1) is 75.4 Å². The summed E-state index contributed by atoms with van der Waals surface area (Å²) in [6, 6.07) is 0. The zero-order valence-corrected chi connectivity index (χ0v) is 8.05. The first-order valence-electron chi connectivity index (χ1n) is 1.66. The SMILES string of the molecule is [C-]#N.[C-]#N.[C-]#N.[C-]#N.[C-]#N.[C-]#N.[NH]=[Fe]=[O]. The Morgan fingerprint density at radius 3 is 0.600 bits per heavy atom. The number of nitrogens with one attached hydrogen (secondary N) is 1. The Balaban J connectivity index is -0.0000000101. The van der Waals surface area contributed by atoms with Gasteiger partial charge in [0.2, 0.25) is 0 Å². The van der Waals surface area contributed by atoms with E-state index in [4.69, 9.17) is 79.2 Å². The van der Waals surface area contributed by atoms with Gasteiger partial charge in [0.25, 0.3) is 0 Å². The van der Waals surface area contributed by atoms with Crippen LogP contribution in [-0.4, -0.2) is 0 Å².